The van der Waals surface area contributed by atoms with Gasteiger partial charge in [-0.25, -0.2) is 0 Å². The quantitative estimate of drug-likeness (QED) is 0.734. The molecule has 0 spiro atoms. The fourth-order valence-electron chi connectivity index (χ4n) is 3.83. The lowest BCUT2D eigenvalue weighted by atomic mass is 9.86. The van der Waals surface area contributed by atoms with E-state index < -0.39 is 0 Å². The minimum Gasteiger partial charge on any atom is -0.395 e. The maximum absolute atomic E-state index is 9.19. The van der Waals surface area contributed by atoms with Crippen molar-refractivity contribution in [1.82, 2.24) is 4.90 Å². The number of benzene rings is 2. The van der Waals surface area contributed by atoms with Crippen LogP contribution in [0.15, 0.2) is 52.9 Å². The Morgan fingerprint density at radius 1 is 1.04 bits per heavy atom. The molecule has 0 bridgehead atoms. The summed E-state index contributed by atoms with van der Waals surface area (Å²) in [6, 6.07) is 15.1. The number of thioether (sulfide) groups is 1. The summed E-state index contributed by atoms with van der Waals surface area (Å²) < 4.78 is 0. The zero-order valence-corrected chi connectivity index (χ0v) is 17.0. The number of fused-ring (bicyclic) bond motifs is 2. The number of piperidine rings is 1. The van der Waals surface area contributed by atoms with Crippen molar-refractivity contribution in [3.63, 3.8) is 0 Å². The van der Waals surface area contributed by atoms with E-state index in [1.54, 1.807) is 0 Å². The Bertz CT molecular complexity index is 811. The highest BCUT2D eigenvalue weighted by Crippen LogP contribution is 2.44. The topological polar surface area (TPSA) is 23.5 Å². The van der Waals surface area contributed by atoms with Gasteiger partial charge in [-0.2, -0.15) is 0 Å². The summed E-state index contributed by atoms with van der Waals surface area (Å²) in [5, 5.41) is 9.99. The Morgan fingerprint density at radius 3 is 2.58 bits per heavy atom. The van der Waals surface area contributed by atoms with Crippen molar-refractivity contribution >= 4 is 41.3 Å². The number of aliphatic hydroxyl groups excluding tert-OH is 1. The van der Waals surface area contributed by atoms with Crippen molar-refractivity contribution in [2.75, 3.05) is 26.2 Å². The summed E-state index contributed by atoms with van der Waals surface area (Å²) in [5.74, 6) is 0.998. The summed E-state index contributed by atoms with van der Waals surface area (Å²) in [6.45, 7) is 3.05. The first-order chi connectivity index (χ1) is 12.3. The first-order valence-electron chi connectivity index (χ1n) is 8.82. The van der Waals surface area contributed by atoms with E-state index in [-0.39, 0.29) is 19.0 Å². The van der Waals surface area contributed by atoms with Crippen molar-refractivity contribution in [2.45, 2.75) is 23.5 Å². The molecule has 1 saturated heterocycles. The van der Waals surface area contributed by atoms with Crippen LogP contribution in [-0.2, 0) is 5.75 Å². The van der Waals surface area contributed by atoms with Crippen LogP contribution in [0.2, 0.25) is 5.02 Å². The second kappa shape index (κ2) is 8.81. The molecule has 5 heteroatoms. The smallest absolute Gasteiger partial charge is 0.0558 e. The molecule has 0 aliphatic carbocycles. The fraction of sp³-hybridized carbons (Fsp3) is 0.333. The molecule has 2 aromatic carbocycles. The van der Waals surface area contributed by atoms with E-state index in [1.807, 2.05) is 17.8 Å². The highest BCUT2D eigenvalue weighted by molar-refractivity contribution is 7.98. The second-order valence-electron chi connectivity index (χ2n) is 6.63. The van der Waals surface area contributed by atoms with E-state index in [4.69, 9.17) is 11.6 Å². The van der Waals surface area contributed by atoms with Crippen LogP contribution in [-0.4, -0.2) is 36.2 Å². The molecule has 2 heterocycles. The summed E-state index contributed by atoms with van der Waals surface area (Å²) in [4.78, 5) is 3.67. The molecule has 26 heavy (non-hydrogen) atoms. The van der Waals surface area contributed by atoms with Gasteiger partial charge in [-0.1, -0.05) is 41.4 Å². The summed E-state index contributed by atoms with van der Waals surface area (Å²) in [5.41, 5.74) is 6.96. The zero-order chi connectivity index (χ0) is 17.2. The molecule has 0 amide bonds. The van der Waals surface area contributed by atoms with Crippen LogP contribution in [0, 0.1) is 0 Å². The maximum Gasteiger partial charge on any atom is 0.0558 e. The molecule has 0 radical (unpaired) electrons. The molecule has 0 aromatic heterocycles. The van der Waals surface area contributed by atoms with Crippen LogP contribution in [0.4, 0.5) is 0 Å². The van der Waals surface area contributed by atoms with Crippen molar-refractivity contribution in [1.29, 1.82) is 0 Å². The Balaban J connectivity index is 0.00000196. The van der Waals surface area contributed by atoms with E-state index in [0.29, 0.717) is 0 Å². The molecular formula is C21H23Cl2NOS. The van der Waals surface area contributed by atoms with E-state index in [0.717, 1.165) is 43.3 Å². The molecule has 0 atom stereocenters. The van der Waals surface area contributed by atoms with E-state index in [9.17, 15) is 5.11 Å². The number of aliphatic hydroxyl groups is 1. The van der Waals surface area contributed by atoms with Crippen molar-refractivity contribution in [2.24, 2.45) is 0 Å². The zero-order valence-electron chi connectivity index (χ0n) is 14.6. The first kappa shape index (κ1) is 19.8. The number of rotatable bonds is 2. The molecule has 2 aromatic rings. The van der Waals surface area contributed by atoms with E-state index in [1.165, 1.54) is 32.7 Å². The molecule has 0 unspecified atom stereocenters. The molecule has 138 valence electrons. The average Bonchev–Trinajstić information content (AvgIpc) is 2.79. The number of halogens is 2. The number of β-amino-alcohol motifs (C(OH)–C–C–N with tert-alkyl or cyclic N) is 1. The number of nitrogens with zero attached hydrogens (tertiary/aromatic N) is 1. The van der Waals surface area contributed by atoms with Gasteiger partial charge in [0.1, 0.15) is 0 Å². The molecule has 2 aliphatic rings. The molecule has 2 nitrogen and oxygen atoms in total. The minimum atomic E-state index is 0. The predicted octanol–water partition coefficient (Wildman–Crippen LogP) is 5.26. The van der Waals surface area contributed by atoms with Gasteiger partial charge in [-0.05, 0) is 53.3 Å². The summed E-state index contributed by atoms with van der Waals surface area (Å²) >= 11 is 8.26. The SMILES string of the molecule is Cl.OCCN1CCC(=C2c3ccccc3CSc3ccc(Cl)cc32)CC1. The first-order valence-corrected chi connectivity index (χ1v) is 10.2. The lowest BCUT2D eigenvalue weighted by Gasteiger charge is -2.30. The molecule has 1 N–H and O–H groups in total. The van der Waals surface area contributed by atoms with Gasteiger partial charge in [0.2, 0.25) is 0 Å². The van der Waals surface area contributed by atoms with Gasteiger partial charge >= 0.3 is 0 Å². The number of hydrogen-bond donors (Lipinski definition) is 1. The third-order valence-electron chi connectivity index (χ3n) is 5.11. The number of likely N-dealkylation sites (tertiary alicyclic amines) is 1. The maximum atomic E-state index is 9.19. The third kappa shape index (κ3) is 3.97. The summed E-state index contributed by atoms with van der Waals surface area (Å²) in [7, 11) is 0. The lowest BCUT2D eigenvalue weighted by Crippen LogP contribution is -2.33. The van der Waals surface area contributed by atoms with Crippen LogP contribution in [0.5, 0.6) is 0 Å². The van der Waals surface area contributed by atoms with Crippen LogP contribution >= 0.6 is 35.8 Å². The fourth-order valence-corrected chi connectivity index (χ4v) is 5.05. The minimum absolute atomic E-state index is 0. The molecular weight excluding hydrogens is 385 g/mol. The van der Waals surface area contributed by atoms with Crippen LogP contribution in [0.25, 0.3) is 5.57 Å². The normalized spacial score (nSPS) is 17.2. The highest BCUT2D eigenvalue weighted by atomic mass is 35.5. The Kier molecular flexibility index (Phi) is 6.70. The lowest BCUT2D eigenvalue weighted by molar-refractivity contribution is 0.187. The second-order valence-corrected chi connectivity index (χ2v) is 8.08. The largest absolute Gasteiger partial charge is 0.395 e. The van der Waals surface area contributed by atoms with E-state index in [2.05, 4.69) is 41.3 Å². The third-order valence-corrected chi connectivity index (χ3v) is 6.47. The van der Waals surface area contributed by atoms with Gasteiger partial charge in [0.15, 0.2) is 0 Å². The van der Waals surface area contributed by atoms with Gasteiger partial charge in [0.25, 0.3) is 0 Å². The molecule has 0 saturated carbocycles. The van der Waals surface area contributed by atoms with E-state index >= 15 is 0 Å². The standard InChI is InChI=1S/C21H22ClNOS.ClH/c22-17-5-6-20-19(13-17)21(15-7-9-23(10-8-15)11-12-24)18-4-2-1-3-16(18)14-25-20;/h1-6,13,24H,7-12,14H2;1H. The molecule has 1 fully saturated rings. The number of hydrogen-bond acceptors (Lipinski definition) is 3. The molecule has 2 aliphatic heterocycles. The Hall–Kier alpha value is -0.970. The monoisotopic (exact) mass is 407 g/mol. The van der Waals surface area contributed by atoms with Gasteiger partial charge in [0, 0.05) is 35.3 Å². The summed E-state index contributed by atoms with van der Waals surface area (Å²) in [6.07, 6.45) is 2.11. The Labute approximate surface area is 170 Å². The van der Waals surface area contributed by atoms with Gasteiger partial charge in [0.05, 0.1) is 6.61 Å². The van der Waals surface area contributed by atoms with Crippen molar-refractivity contribution in [3.05, 3.63) is 69.8 Å². The van der Waals surface area contributed by atoms with Gasteiger partial charge in [-0.3, -0.25) is 0 Å². The van der Waals surface area contributed by atoms with Crippen molar-refractivity contribution in [3.8, 4) is 0 Å². The van der Waals surface area contributed by atoms with Gasteiger partial charge in [-0.15, -0.1) is 24.2 Å². The Morgan fingerprint density at radius 2 is 1.81 bits per heavy atom. The van der Waals surface area contributed by atoms with Crippen LogP contribution in [0.1, 0.15) is 29.5 Å². The van der Waals surface area contributed by atoms with Crippen molar-refractivity contribution < 1.29 is 5.11 Å². The van der Waals surface area contributed by atoms with Gasteiger partial charge < -0.3 is 10.0 Å². The predicted molar refractivity (Wildman–Crippen MR) is 113 cm³/mol. The van der Waals surface area contributed by atoms with Crippen LogP contribution < -0.4 is 0 Å². The van der Waals surface area contributed by atoms with Crippen LogP contribution in [0.3, 0.4) is 0 Å². The average molecular weight is 408 g/mol. The highest BCUT2D eigenvalue weighted by Gasteiger charge is 2.24. The molecule has 4 rings (SSSR count).